The van der Waals surface area contributed by atoms with Crippen LogP contribution < -0.4 is 11.1 Å². The summed E-state index contributed by atoms with van der Waals surface area (Å²) in [6, 6.07) is 13.8. The molecule has 0 aliphatic rings. The van der Waals surface area contributed by atoms with Gasteiger partial charge in [0.2, 0.25) is 0 Å². The van der Waals surface area contributed by atoms with Crippen LogP contribution in [-0.4, -0.2) is 5.91 Å². The first-order chi connectivity index (χ1) is 9.10. The Morgan fingerprint density at radius 2 is 1.89 bits per heavy atom. The number of anilines is 2. The van der Waals surface area contributed by atoms with Gasteiger partial charge in [0.15, 0.2) is 0 Å². The third kappa shape index (κ3) is 2.90. The zero-order valence-corrected chi connectivity index (χ0v) is 10.5. The van der Waals surface area contributed by atoms with E-state index in [0.717, 1.165) is 5.56 Å². The number of benzene rings is 2. The fourth-order valence-electron chi connectivity index (χ4n) is 1.62. The van der Waals surface area contributed by atoms with Gasteiger partial charge < -0.3 is 11.1 Å². The largest absolute Gasteiger partial charge is 0.398 e. The molecule has 4 heteroatoms. The molecule has 2 aromatic carbocycles. The average molecular weight is 251 g/mol. The van der Waals surface area contributed by atoms with E-state index in [-0.39, 0.29) is 5.91 Å². The second-order valence-corrected chi connectivity index (χ2v) is 4.21. The van der Waals surface area contributed by atoms with Crippen molar-refractivity contribution in [2.24, 2.45) is 0 Å². The molecule has 0 aliphatic carbocycles. The van der Waals surface area contributed by atoms with Gasteiger partial charge in [-0.05, 0) is 48.9 Å². The molecule has 0 radical (unpaired) electrons. The van der Waals surface area contributed by atoms with E-state index >= 15 is 0 Å². The minimum absolute atomic E-state index is 0.229. The molecule has 0 saturated carbocycles. The number of nitrogens with one attached hydrogen (secondary N) is 1. The van der Waals surface area contributed by atoms with Crippen LogP contribution in [0.15, 0.2) is 42.5 Å². The van der Waals surface area contributed by atoms with Gasteiger partial charge in [0.1, 0.15) is 0 Å². The number of nitrogens with zero attached hydrogens (tertiary/aromatic N) is 1. The highest BCUT2D eigenvalue weighted by atomic mass is 16.1. The van der Waals surface area contributed by atoms with Gasteiger partial charge in [-0.1, -0.05) is 6.07 Å². The highest BCUT2D eigenvalue weighted by Crippen LogP contribution is 2.17. The van der Waals surface area contributed by atoms with Crippen molar-refractivity contribution in [2.45, 2.75) is 6.92 Å². The summed E-state index contributed by atoms with van der Waals surface area (Å²) in [4.78, 5) is 12.0. The van der Waals surface area contributed by atoms with Gasteiger partial charge in [-0.3, -0.25) is 4.79 Å². The lowest BCUT2D eigenvalue weighted by Gasteiger charge is -2.07. The number of hydrogen-bond acceptors (Lipinski definition) is 3. The van der Waals surface area contributed by atoms with Crippen LogP contribution in [0.1, 0.15) is 21.5 Å². The lowest BCUT2D eigenvalue weighted by Crippen LogP contribution is -2.12. The predicted octanol–water partition coefficient (Wildman–Crippen LogP) is 2.70. The molecule has 0 heterocycles. The van der Waals surface area contributed by atoms with E-state index in [4.69, 9.17) is 11.0 Å². The van der Waals surface area contributed by atoms with Gasteiger partial charge in [-0.2, -0.15) is 5.26 Å². The van der Waals surface area contributed by atoms with E-state index in [1.54, 1.807) is 36.4 Å². The first-order valence-corrected chi connectivity index (χ1v) is 5.78. The van der Waals surface area contributed by atoms with E-state index in [0.29, 0.717) is 22.5 Å². The van der Waals surface area contributed by atoms with Crippen LogP contribution in [0, 0.1) is 18.3 Å². The molecular weight excluding hydrogens is 238 g/mol. The molecule has 0 spiro atoms. The lowest BCUT2D eigenvalue weighted by atomic mass is 10.1. The summed E-state index contributed by atoms with van der Waals surface area (Å²) in [5.74, 6) is -0.229. The Morgan fingerprint density at radius 1 is 1.21 bits per heavy atom. The molecule has 1 amide bonds. The van der Waals surface area contributed by atoms with E-state index in [1.165, 1.54) is 0 Å². The Labute approximate surface area is 111 Å². The maximum absolute atomic E-state index is 12.0. The zero-order chi connectivity index (χ0) is 13.8. The molecule has 0 bridgehead atoms. The summed E-state index contributed by atoms with van der Waals surface area (Å²) in [6.45, 7) is 1.90. The van der Waals surface area contributed by atoms with Crippen molar-refractivity contribution in [3.8, 4) is 6.07 Å². The first kappa shape index (κ1) is 12.7. The highest BCUT2D eigenvalue weighted by molar-refractivity contribution is 6.04. The Hall–Kier alpha value is -2.80. The fraction of sp³-hybridized carbons (Fsp3) is 0.0667. The Balaban J connectivity index is 2.16. The number of amides is 1. The van der Waals surface area contributed by atoms with Crippen LogP contribution in [0.5, 0.6) is 0 Å². The molecule has 0 atom stereocenters. The molecule has 2 aromatic rings. The van der Waals surface area contributed by atoms with Crippen molar-refractivity contribution in [3.63, 3.8) is 0 Å². The number of nitriles is 1. The minimum atomic E-state index is -0.229. The van der Waals surface area contributed by atoms with Gasteiger partial charge in [-0.15, -0.1) is 0 Å². The Kier molecular flexibility index (Phi) is 3.48. The van der Waals surface area contributed by atoms with Crippen LogP contribution in [-0.2, 0) is 0 Å². The Morgan fingerprint density at radius 3 is 2.47 bits per heavy atom. The third-order valence-electron chi connectivity index (χ3n) is 2.81. The van der Waals surface area contributed by atoms with Gasteiger partial charge >= 0.3 is 0 Å². The topological polar surface area (TPSA) is 78.9 Å². The number of hydrogen-bond donors (Lipinski definition) is 2. The second-order valence-electron chi connectivity index (χ2n) is 4.21. The molecule has 2 rings (SSSR count). The average Bonchev–Trinajstić information content (AvgIpc) is 2.43. The van der Waals surface area contributed by atoms with E-state index in [2.05, 4.69) is 5.32 Å². The predicted molar refractivity (Wildman–Crippen MR) is 74.7 cm³/mol. The van der Waals surface area contributed by atoms with Crippen molar-refractivity contribution >= 4 is 17.3 Å². The summed E-state index contributed by atoms with van der Waals surface area (Å²) in [5, 5.41) is 11.5. The molecular formula is C15H13N3O. The third-order valence-corrected chi connectivity index (χ3v) is 2.81. The SMILES string of the molecule is Cc1ccc(NC(=O)c2ccc(C#N)cc2)cc1N. The van der Waals surface area contributed by atoms with E-state index < -0.39 is 0 Å². The minimum Gasteiger partial charge on any atom is -0.398 e. The first-order valence-electron chi connectivity index (χ1n) is 5.78. The molecule has 0 unspecified atom stereocenters. The second kappa shape index (κ2) is 5.23. The van der Waals surface area contributed by atoms with Crippen LogP contribution in [0.4, 0.5) is 11.4 Å². The van der Waals surface area contributed by atoms with Crippen LogP contribution in [0.25, 0.3) is 0 Å². The molecule has 94 valence electrons. The lowest BCUT2D eigenvalue weighted by molar-refractivity contribution is 0.102. The number of nitrogens with two attached hydrogens (primary N) is 1. The van der Waals surface area contributed by atoms with Crippen molar-refractivity contribution in [1.82, 2.24) is 0 Å². The van der Waals surface area contributed by atoms with E-state index in [9.17, 15) is 4.79 Å². The number of carbonyl (C=O) groups is 1. The number of carbonyl (C=O) groups excluding carboxylic acids is 1. The van der Waals surface area contributed by atoms with E-state index in [1.807, 2.05) is 19.1 Å². The summed E-state index contributed by atoms with van der Waals surface area (Å²) in [6.07, 6.45) is 0. The zero-order valence-electron chi connectivity index (χ0n) is 10.5. The van der Waals surface area contributed by atoms with Gasteiger partial charge in [0, 0.05) is 16.9 Å². The molecule has 0 aliphatic heterocycles. The molecule has 0 saturated heterocycles. The highest BCUT2D eigenvalue weighted by Gasteiger charge is 2.06. The molecule has 19 heavy (non-hydrogen) atoms. The van der Waals surface area contributed by atoms with Gasteiger partial charge in [0.05, 0.1) is 11.6 Å². The number of nitrogen functional groups attached to an aromatic ring is 1. The summed E-state index contributed by atoms with van der Waals surface area (Å²) < 4.78 is 0. The monoisotopic (exact) mass is 251 g/mol. The van der Waals surface area contributed by atoms with Crippen LogP contribution >= 0.6 is 0 Å². The smallest absolute Gasteiger partial charge is 0.255 e. The summed E-state index contributed by atoms with van der Waals surface area (Å²) in [5.41, 5.74) is 9.06. The summed E-state index contributed by atoms with van der Waals surface area (Å²) >= 11 is 0. The van der Waals surface area contributed by atoms with Crippen molar-refractivity contribution < 1.29 is 4.79 Å². The van der Waals surface area contributed by atoms with Crippen molar-refractivity contribution in [2.75, 3.05) is 11.1 Å². The normalized spacial score (nSPS) is 9.68. The summed E-state index contributed by atoms with van der Waals surface area (Å²) in [7, 11) is 0. The van der Waals surface area contributed by atoms with Crippen LogP contribution in [0.3, 0.4) is 0 Å². The maximum Gasteiger partial charge on any atom is 0.255 e. The number of rotatable bonds is 2. The molecule has 4 nitrogen and oxygen atoms in total. The van der Waals surface area contributed by atoms with Crippen LogP contribution in [0.2, 0.25) is 0 Å². The number of aryl methyl sites for hydroxylation is 1. The molecule has 0 fully saturated rings. The van der Waals surface area contributed by atoms with Crippen molar-refractivity contribution in [1.29, 1.82) is 5.26 Å². The van der Waals surface area contributed by atoms with Crippen molar-refractivity contribution in [3.05, 3.63) is 59.2 Å². The standard InChI is InChI=1S/C15H13N3O/c1-10-2-7-13(8-14(10)17)18-15(19)12-5-3-11(9-16)4-6-12/h2-8H,17H2,1H3,(H,18,19). The quantitative estimate of drug-likeness (QED) is 0.805. The van der Waals surface area contributed by atoms with Gasteiger partial charge in [-0.25, -0.2) is 0 Å². The Bertz CT molecular complexity index is 654. The molecule has 3 N–H and O–H groups in total. The maximum atomic E-state index is 12.0. The van der Waals surface area contributed by atoms with Gasteiger partial charge in [0.25, 0.3) is 5.91 Å². The fourth-order valence-corrected chi connectivity index (χ4v) is 1.62. The molecule has 0 aromatic heterocycles.